The van der Waals surface area contributed by atoms with Crippen molar-refractivity contribution < 1.29 is 0 Å². The van der Waals surface area contributed by atoms with Crippen molar-refractivity contribution in [2.75, 3.05) is 0 Å². The van der Waals surface area contributed by atoms with Crippen LogP contribution in [0.5, 0.6) is 0 Å². The fourth-order valence-corrected chi connectivity index (χ4v) is 6.45. The quantitative estimate of drug-likeness (QED) is 0.202. The summed E-state index contributed by atoms with van der Waals surface area (Å²) in [5.74, 6) is 0. The van der Waals surface area contributed by atoms with Gasteiger partial charge in [-0.25, -0.2) is 4.85 Å². The maximum Gasteiger partial charge on any atom is 0.188 e. The second-order valence-electron chi connectivity index (χ2n) is 10.8. The fourth-order valence-electron chi connectivity index (χ4n) is 6.45. The van der Waals surface area contributed by atoms with Crippen LogP contribution in [0.25, 0.3) is 71.0 Å². The molecule has 0 N–H and O–H groups in total. The Morgan fingerprint density at radius 3 is 2.02 bits per heavy atom. The lowest BCUT2D eigenvalue weighted by Crippen LogP contribution is -1.97. The van der Waals surface area contributed by atoms with Gasteiger partial charge in [-0.3, -0.25) is 0 Å². The lowest BCUT2D eigenvalue weighted by Gasteiger charge is -2.14. The van der Waals surface area contributed by atoms with E-state index in [2.05, 4.69) is 80.7 Å². The summed E-state index contributed by atoms with van der Waals surface area (Å²) in [6, 6.07) is 47.0. The van der Waals surface area contributed by atoms with Crippen molar-refractivity contribution in [3.05, 3.63) is 150 Å². The third-order valence-corrected chi connectivity index (χ3v) is 8.37. The highest BCUT2D eigenvalue weighted by molar-refractivity contribution is 6.15. The zero-order chi connectivity index (χ0) is 29.8. The second kappa shape index (κ2) is 9.74. The molecule has 0 saturated heterocycles. The molecule has 0 aliphatic heterocycles. The molecule has 0 aliphatic rings. The molecule has 44 heavy (non-hydrogen) atoms. The van der Waals surface area contributed by atoms with Gasteiger partial charge in [0, 0.05) is 33.1 Å². The van der Waals surface area contributed by atoms with Crippen LogP contribution >= 0.6 is 0 Å². The van der Waals surface area contributed by atoms with Gasteiger partial charge in [-0.15, -0.1) is 0 Å². The number of hydrogen-bond acceptors (Lipinski definition) is 2. The summed E-state index contributed by atoms with van der Waals surface area (Å²) in [5.41, 5.74) is 10.1. The highest BCUT2D eigenvalue weighted by Gasteiger charge is 2.18. The van der Waals surface area contributed by atoms with Gasteiger partial charge in [-0.1, -0.05) is 54.6 Å². The topological polar surface area (TPSA) is 61.8 Å². The summed E-state index contributed by atoms with van der Waals surface area (Å²) in [6.07, 6.45) is 0. The van der Waals surface area contributed by atoms with E-state index in [9.17, 15) is 10.5 Å². The molecule has 8 aromatic rings. The lowest BCUT2D eigenvalue weighted by molar-refractivity contribution is 1.17. The van der Waals surface area contributed by atoms with Crippen LogP contribution in [0.1, 0.15) is 11.1 Å². The smallest absolute Gasteiger partial charge is 0.188 e. The zero-order valence-corrected chi connectivity index (χ0v) is 23.4. The molecule has 0 amide bonds. The van der Waals surface area contributed by atoms with Crippen LogP contribution < -0.4 is 0 Å². The molecule has 0 radical (unpaired) electrons. The van der Waals surface area contributed by atoms with Gasteiger partial charge in [0.1, 0.15) is 0 Å². The Morgan fingerprint density at radius 1 is 0.523 bits per heavy atom. The minimum atomic E-state index is 0.592. The fraction of sp³-hybridized carbons (Fsp3) is 0. The Hall–Kier alpha value is -6.61. The van der Waals surface area contributed by atoms with Gasteiger partial charge in [0.05, 0.1) is 51.9 Å². The van der Waals surface area contributed by atoms with Gasteiger partial charge in [-0.2, -0.15) is 10.5 Å². The maximum atomic E-state index is 9.57. The summed E-state index contributed by atoms with van der Waals surface area (Å²) in [5, 5.41) is 23.2. The predicted molar refractivity (Wildman–Crippen MR) is 176 cm³/mol. The number of para-hydroxylation sites is 2. The van der Waals surface area contributed by atoms with Gasteiger partial charge >= 0.3 is 0 Å². The average Bonchev–Trinajstić information content (AvgIpc) is 3.60. The first-order valence-electron chi connectivity index (χ1n) is 14.2. The van der Waals surface area contributed by atoms with E-state index >= 15 is 0 Å². The third kappa shape index (κ3) is 3.70. The molecule has 0 spiro atoms. The number of nitriles is 2. The maximum absolute atomic E-state index is 9.57. The number of rotatable bonds is 3. The predicted octanol–water partition coefficient (Wildman–Crippen LogP) is 9.84. The molecular weight excluding hydrogens is 538 g/mol. The third-order valence-electron chi connectivity index (χ3n) is 8.37. The largest absolute Gasteiger partial charge is 0.309 e. The summed E-state index contributed by atoms with van der Waals surface area (Å²) < 4.78 is 4.49. The van der Waals surface area contributed by atoms with E-state index in [-0.39, 0.29) is 0 Å². The Bertz CT molecular complexity index is 2580. The molecule has 0 aliphatic carbocycles. The van der Waals surface area contributed by atoms with E-state index in [1.807, 2.05) is 72.8 Å². The van der Waals surface area contributed by atoms with Crippen molar-refractivity contribution in [3.8, 4) is 34.6 Å². The first-order valence-corrected chi connectivity index (χ1v) is 14.2. The zero-order valence-electron chi connectivity index (χ0n) is 23.4. The van der Waals surface area contributed by atoms with Crippen LogP contribution in [0.2, 0.25) is 0 Å². The summed E-state index contributed by atoms with van der Waals surface area (Å²) in [4.78, 5) is 3.70. The van der Waals surface area contributed by atoms with Crippen LogP contribution in [0, 0.1) is 29.2 Å². The van der Waals surface area contributed by atoms with Crippen LogP contribution in [-0.4, -0.2) is 9.13 Å². The monoisotopic (exact) mass is 559 g/mol. The van der Waals surface area contributed by atoms with Gasteiger partial charge in [0.25, 0.3) is 0 Å². The number of nitrogens with zero attached hydrogens (tertiary/aromatic N) is 5. The van der Waals surface area contributed by atoms with Gasteiger partial charge in [-0.05, 0) is 83.7 Å². The van der Waals surface area contributed by atoms with Crippen molar-refractivity contribution in [1.29, 1.82) is 10.5 Å². The van der Waals surface area contributed by atoms with E-state index in [4.69, 9.17) is 6.57 Å². The second-order valence-corrected chi connectivity index (χ2v) is 10.8. The number of hydrogen-bond donors (Lipinski definition) is 0. The normalized spacial score (nSPS) is 11.1. The number of fused-ring (bicyclic) bond motifs is 6. The molecule has 2 aromatic heterocycles. The van der Waals surface area contributed by atoms with Crippen molar-refractivity contribution in [2.24, 2.45) is 0 Å². The Morgan fingerprint density at radius 2 is 1.20 bits per heavy atom. The molecule has 2 heterocycles. The van der Waals surface area contributed by atoms with E-state index in [0.717, 1.165) is 66.1 Å². The standard InChI is InChI=1S/C39H21N5/c1-42-28-15-19-38-35(22-28)33-10-5-9-31(39(33)44(38)29-16-12-25(23-40)13-17-29)27-6-4-7-30(21-27)43-36-11-3-2-8-32(36)34-20-26(24-41)14-18-37(34)43/h2-22H. The molecule has 5 heteroatoms. The number of benzene rings is 6. The van der Waals surface area contributed by atoms with Gasteiger partial charge < -0.3 is 9.13 Å². The van der Waals surface area contributed by atoms with E-state index in [1.165, 1.54) is 0 Å². The van der Waals surface area contributed by atoms with Crippen molar-refractivity contribution in [1.82, 2.24) is 9.13 Å². The van der Waals surface area contributed by atoms with Crippen LogP contribution in [0.3, 0.4) is 0 Å². The lowest BCUT2D eigenvalue weighted by atomic mass is 10.0. The first kappa shape index (κ1) is 25.1. The minimum absolute atomic E-state index is 0.592. The van der Waals surface area contributed by atoms with E-state index < -0.39 is 0 Å². The number of aromatic nitrogens is 2. The average molecular weight is 560 g/mol. The molecule has 8 rings (SSSR count). The van der Waals surface area contributed by atoms with Crippen molar-refractivity contribution in [2.45, 2.75) is 0 Å². The Kier molecular flexibility index (Phi) is 5.56. The first-order chi connectivity index (χ1) is 21.7. The summed E-state index contributed by atoms with van der Waals surface area (Å²) in [6.45, 7) is 7.62. The Balaban J connectivity index is 1.42. The minimum Gasteiger partial charge on any atom is -0.309 e. The SMILES string of the molecule is [C-]#[N+]c1ccc2c(c1)c1cccc(-c3cccc(-n4c5ccccc5c5cc(C#N)ccc54)c3)c1n2-c1ccc(C#N)cc1. The highest BCUT2D eigenvalue weighted by atomic mass is 15.0. The summed E-state index contributed by atoms with van der Waals surface area (Å²) >= 11 is 0. The van der Waals surface area contributed by atoms with Crippen LogP contribution in [0.4, 0.5) is 5.69 Å². The molecular formula is C39H21N5. The van der Waals surface area contributed by atoms with Crippen molar-refractivity contribution in [3.63, 3.8) is 0 Å². The molecule has 0 atom stereocenters. The van der Waals surface area contributed by atoms with Crippen molar-refractivity contribution >= 4 is 49.3 Å². The molecule has 0 unspecified atom stereocenters. The molecule has 5 nitrogen and oxygen atoms in total. The van der Waals surface area contributed by atoms with Crippen LogP contribution in [0.15, 0.2) is 127 Å². The highest BCUT2D eigenvalue weighted by Crippen LogP contribution is 2.40. The molecule has 202 valence electrons. The molecule has 6 aromatic carbocycles. The van der Waals surface area contributed by atoms with E-state index in [0.29, 0.717) is 16.8 Å². The van der Waals surface area contributed by atoms with Gasteiger partial charge in [0.15, 0.2) is 5.69 Å². The molecule has 0 fully saturated rings. The van der Waals surface area contributed by atoms with Crippen LogP contribution in [-0.2, 0) is 0 Å². The van der Waals surface area contributed by atoms with Gasteiger partial charge in [0.2, 0.25) is 0 Å². The molecule has 0 bridgehead atoms. The summed E-state index contributed by atoms with van der Waals surface area (Å²) in [7, 11) is 0. The van der Waals surface area contributed by atoms with E-state index in [1.54, 1.807) is 0 Å². The Labute approximate surface area is 253 Å². The molecule has 0 saturated carbocycles.